The normalized spacial score (nSPS) is 11.4. The predicted octanol–water partition coefficient (Wildman–Crippen LogP) is 3.16. The molecule has 0 saturated carbocycles. The summed E-state index contributed by atoms with van der Waals surface area (Å²) in [6.45, 7) is 1.70. The van der Waals surface area contributed by atoms with Gasteiger partial charge in [-0.25, -0.2) is 9.82 Å². The third-order valence-electron chi connectivity index (χ3n) is 4.09. The molecule has 1 N–H and O–H groups in total. The van der Waals surface area contributed by atoms with Crippen LogP contribution in [0.15, 0.2) is 58.8 Å². The second-order valence-electron chi connectivity index (χ2n) is 6.20. The van der Waals surface area contributed by atoms with E-state index in [0.29, 0.717) is 27.8 Å². The highest BCUT2D eigenvalue weighted by Crippen LogP contribution is 2.25. The fraction of sp³-hybridized carbons (Fsp3) is 0.158. The van der Waals surface area contributed by atoms with Gasteiger partial charge in [0, 0.05) is 24.7 Å². The van der Waals surface area contributed by atoms with Gasteiger partial charge in [0.25, 0.3) is 11.6 Å². The Morgan fingerprint density at radius 1 is 1.27 bits per heavy atom. The monoisotopic (exact) mass is 428 g/mol. The molecule has 0 atom stereocenters. The van der Waals surface area contributed by atoms with Crippen molar-refractivity contribution in [3.05, 3.63) is 70.0 Å². The van der Waals surface area contributed by atoms with E-state index in [9.17, 15) is 19.3 Å². The number of rotatable bonds is 7. The lowest BCUT2D eigenvalue weighted by molar-refractivity contribution is -0.384. The van der Waals surface area contributed by atoms with Crippen LogP contribution < -0.4 is 5.43 Å². The zero-order valence-corrected chi connectivity index (χ0v) is 16.9. The lowest BCUT2D eigenvalue weighted by atomic mass is 10.1. The molecule has 0 bridgehead atoms. The number of nitro groups is 1. The Hall–Kier alpha value is -3.60. The molecule has 0 spiro atoms. The molecule has 2 aromatic carbocycles. The minimum Gasteiger partial charge on any atom is -0.305 e. The lowest BCUT2D eigenvalue weighted by Gasteiger charge is -2.04. The summed E-state index contributed by atoms with van der Waals surface area (Å²) in [5.41, 5.74) is 4.19. The molecule has 0 radical (unpaired) electrons. The lowest BCUT2D eigenvalue weighted by Crippen LogP contribution is -2.21. The number of benzene rings is 2. The SMILES string of the molecule is CC(=NNC(=O)CSc1nnc(-c2cccc([N+](=O)[O-])c2)n1C)c1ccc(F)cc1. The number of thioether (sulfide) groups is 1. The van der Waals surface area contributed by atoms with Crippen LogP contribution in [0.4, 0.5) is 10.1 Å². The number of hydrogen-bond donors (Lipinski definition) is 1. The highest BCUT2D eigenvalue weighted by atomic mass is 32.2. The highest BCUT2D eigenvalue weighted by Gasteiger charge is 2.15. The molecule has 0 unspecified atom stereocenters. The van der Waals surface area contributed by atoms with Crippen LogP contribution in [0.1, 0.15) is 12.5 Å². The number of nitro benzene ring substituents is 1. The number of carbonyl (C=O) groups is 1. The van der Waals surface area contributed by atoms with Crippen LogP contribution in [-0.4, -0.2) is 37.1 Å². The highest BCUT2D eigenvalue weighted by molar-refractivity contribution is 7.99. The van der Waals surface area contributed by atoms with Gasteiger partial charge in [0.15, 0.2) is 11.0 Å². The van der Waals surface area contributed by atoms with Crippen molar-refractivity contribution in [1.29, 1.82) is 0 Å². The molecule has 3 aromatic rings. The number of non-ortho nitro benzene ring substituents is 1. The number of hydrazone groups is 1. The fourth-order valence-corrected chi connectivity index (χ4v) is 3.22. The number of carbonyl (C=O) groups excluding carboxylic acids is 1. The van der Waals surface area contributed by atoms with Crippen molar-refractivity contribution in [3.8, 4) is 11.4 Å². The first-order valence-corrected chi connectivity index (χ1v) is 9.70. The summed E-state index contributed by atoms with van der Waals surface area (Å²) in [6.07, 6.45) is 0. The van der Waals surface area contributed by atoms with Crippen LogP contribution in [0.2, 0.25) is 0 Å². The van der Waals surface area contributed by atoms with Gasteiger partial charge < -0.3 is 4.57 Å². The van der Waals surface area contributed by atoms with E-state index in [1.807, 2.05) is 0 Å². The van der Waals surface area contributed by atoms with Gasteiger partial charge in [0.2, 0.25) is 0 Å². The zero-order valence-electron chi connectivity index (χ0n) is 16.1. The Labute approximate surface area is 175 Å². The quantitative estimate of drug-likeness (QED) is 0.267. The number of amides is 1. The molecule has 3 rings (SSSR count). The summed E-state index contributed by atoms with van der Waals surface area (Å²) in [5, 5.41) is 23.6. The third kappa shape index (κ3) is 5.06. The average Bonchev–Trinajstić information content (AvgIpc) is 3.11. The number of aromatic nitrogens is 3. The van der Waals surface area contributed by atoms with Crippen LogP contribution >= 0.6 is 11.8 Å². The van der Waals surface area contributed by atoms with Crippen molar-refractivity contribution in [2.45, 2.75) is 12.1 Å². The smallest absolute Gasteiger partial charge is 0.270 e. The molecule has 1 amide bonds. The van der Waals surface area contributed by atoms with Crippen molar-refractivity contribution < 1.29 is 14.1 Å². The maximum absolute atomic E-state index is 13.0. The van der Waals surface area contributed by atoms with Gasteiger partial charge in [0.05, 0.1) is 16.4 Å². The van der Waals surface area contributed by atoms with Gasteiger partial charge in [-0.3, -0.25) is 14.9 Å². The molecule has 0 aliphatic rings. The fourth-order valence-electron chi connectivity index (χ4n) is 2.51. The second kappa shape index (κ2) is 9.27. The first-order valence-electron chi connectivity index (χ1n) is 8.71. The molecule has 154 valence electrons. The third-order valence-corrected chi connectivity index (χ3v) is 5.11. The largest absolute Gasteiger partial charge is 0.305 e. The van der Waals surface area contributed by atoms with Gasteiger partial charge in [-0.15, -0.1) is 10.2 Å². The second-order valence-corrected chi connectivity index (χ2v) is 7.14. The first kappa shape index (κ1) is 21.1. The first-order chi connectivity index (χ1) is 14.3. The van der Waals surface area contributed by atoms with E-state index in [0.717, 1.165) is 11.8 Å². The van der Waals surface area contributed by atoms with Gasteiger partial charge in [-0.1, -0.05) is 36.0 Å². The molecule has 9 nitrogen and oxygen atoms in total. The van der Waals surface area contributed by atoms with Gasteiger partial charge >= 0.3 is 0 Å². The van der Waals surface area contributed by atoms with Crippen LogP contribution in [0.3, 0.4) is 0 Å². The Morgan fingerprint density at radius 2 is 2.00 bits per heavy atom. The van der Waals surface area contributed by atoms with Gasteiger partial charge in [0.1, 0.15) is 5.82 Å². The summed E-state index contributed by atoms with van der Waals surface area (Å²) in [4.78, 5) is 22.6. The molecule has 0 aliphatic heterocycles. The Bertz CT molecular complexity index is 1110. The van der Waals surface area contributed by atoms with Crippen LogP contribution in [0.5, 0.6) is 0 Å². The Kier molecular flexibility index (Phi) is 6.52. The van der Waals surface area contributed by atoms with Crippen molar-refractivity contribution in [2.24, 2.45) is 12.1 Å². The van der Waals surface area contributed by atoms with Crippen molar-refractivity contribution in [1.82, 2.24) is 20.2 Å². The minimum atomic E-state index is -0.478. The summed E-state index contributed by atoms with van der Waals surface area (Å²) in [5.74, 6) is -0.200. The zero-order chi connectivity index (χ0) is 21.7. The Balaban J connectivity index is 1.62. The maximum atomic E-state index is 13.0. The van der Waals surface area contributed by atoms with Crippen LogP contribution in [0, 0.1) is 15.9 Å². The van der Waals surface area contributed by atoms with E-state index >= 15 is 0 Å². The summed E-state index contributed by atoms with van der Waals surface area (Å²) >= 11 is 1.16. The number of nitrogens with one attached hydrogen (secondary N) is 1. The van der Waals surface area contributed by atoms with E-state index in [4.69, 9.17) is 0 Å². The predicted molar refractivity (Wildman–Crippen MR) is 111 cm³/mol. The molecular formula is C19H17FN6O3S. The van der Waals surface area contributed by atoms with E-state index in [2.05, 4.69) is 20.7 Å². The minimum absolute atomic E-state index is 0.0428. The molecule has 1 aromatic heterocycles. The van der Waals surface area contributed by atoms with Crippen molar-refractivity contribution >= 4 is 29.1 Å². The summed E-state index contributed by atoms with van der Waals surface area (Å²) in [6, 6.07) is 11.9. The topological polar surface area (TPSA) is 115 Å². The van der Waals surface area contributed by atoms with Gasteiger partial charge in [-0.2, -0.15) is 5.10 Å². The maximum Gasteiger partial charge on any atom is 0.270 e. The Morgan fingerprint density at radius 3 is 2.70 bits per heavy atom. The number of hydrogen-bond acceptors (Lipinski definition) is 7. The van der Waals surface area contributed by atoms with Gasteiger partial charge in [-0.05, 0) is 24.6 Å². The van der Waals surface area contributed by atoms with Crippen molar-refractivity contribution in [2.75, 3.05) is 5.75 Å². The molecule has 0 aliphatic carbocycles. The molecular weight excluding hydrogens is 411 g/mol. The summed E-state index contributed by atoms with van der Waals surface area (Å²) in [7, 11) is 1.71. The molecule has 1 heterocycles. The molecule has 0 fully saturated rings. The van der Waals surface area contributed by atoms with E-state index < -0.39 is 4.92 Å². The van der Waals surface area contributed by atoms with Crippen LogP contribution in [0.25, 0.3) is 11.4 Å². The van der Waals surface area contributed by atoms with E-state index in [1.54, 1.807) is 42.8 Å². The average molecular weight is 428 g/mol. The summed E-state index contributed by atoms with van der Waals surface area (Å²) < 4.78 is 14.6. The van der Waals surface area contributed by atoms with E-state index in [-0.39, 0.29) is 23.2 Å². The van der Waals surface area contributed by atoms with Crippen LogP contribution in [-0.2, 0) is 11.8 Å². The number of halogens is 1. The molecule has 11 heteroatoms. The van der Waals surface area contributed by atoms with Crippen molar-refractivity contribution in [3.63, 3.8) is 0 Å². The molecule has 0 saturated heterocycles. The number of nitrogens with zero attached hydrogens (tertiary/aromatic N) is 5. The standard InChI is InChI=1S/C19H17FN6O3S/c1-12(13-6-8-15(20)9-7-13)21-22-17(27)11-30-19-24-23-18(25(19)2)14-4-3-5-16(10-14)26(28)29/h3-10H,11H2,1-2H3,(H,22,27). The molecule has 30 heavy (non-hydrogen) atoms. The van der Waals surface area contributed by atoms with E-state index in [1.165, 1.54) is 24.3 Å².